The Kier molecular flexibility index (Phi) is 6.68. The summed E-state index contributed by atoms with van der Waals surface area (Å²) in [5.74, 6) is 1.66. The lowest BCUT2D eigenvalue weighted by molar-refractivity contribution is -0.174. The molecule has 0 saturated heterocycles. The molecule has 4 aliphatic rings. The molecule has 0 aromatic heterocycles. The molecular weight excluding hydrogens is 406 g/mol. The number of rotatable bonds is 6. The van der Waals surface area contributed by atoms with Crippen molar-refractivity contribution in [2.45, 2.75) is 97.2 Å². The molecule has 0 aliphatic heterocycles. The quantitative estimate of drug-likeness (QED) is 0.496. The summed E-state index contributed by atoms with van der Waals surface area (Å²) in [7, 11) is 0. The van der Waals surface area contributed by atoms with Crippen LogP contribution in [0.3, 0.4) is 0 Å². The Morgan fingerprint density at radius 3 is 2.41 bits per heavy atom. The van der Waals surface area contributed by atoms with E-state index in [0.717, 1.165) is 44.9 Å². The van der Waals surface area contributed by atoms with Gasteiger partial charge in [-0.2, -0.15) is 0 Å². The minimum atomic E-state index is -1.01. The predicted molar refractivity (Wildman–Crippen MR) is 122 cm³/mol. The van der Waals surface area contributed by atoms with Gasteiger partial charge in [0.15, 0.2) is 0 Å². The van der Waals surface area contributed by atoms with Crippen LogP contribution in [0.25, 0.3) is 0 Å². The van der Waals surface area contributed by atoms with E-state index in [-0.39, 0.29) is 35.5 Å². The second kappa shape index (κ2) is 8.90. The monoisotopic (exact) mass is 449 g/mol. The number of carbonyl (C=O) groups is 2. The van der Waals surface area contributed by atoms with Crippen LogP contribution in [0.4, 0.5) is 0 Å². The minimum Gasteiger partial charge on any atom is -0.480 e. The Morgan fingerprint density at radius 1 is 1.00 bits per heavy atom. The van der Waals surface area contributed by atoms with Crippen LogP contribution in [0.2, 0.25) is 0 Å². The maximum Gasteiger partial charge on any atom is 0.322 e. The zero-order chi connectivity index (χ0) is 23.3. The highest BCUT2D eigenvalue weighted by atomic mass is 16.4. The summed E-state index contributed by atoms with van der Waals surface area (Å²) in [4.78, 5) is 22.7. The highest BCUT2D eigenvalue weighted by Gasteiger charge is 2.62. The summed E-state index contributed by atoms with van der Waals surface area (Å²) in [6, 6.07) is 0. The van der Waals surface area contributed by atoms with E-state index in [9.17, 15) is 19.8 Å². The van der Waals surface area contributed by atoms with Crippen LogP contribution in [0.15, 0.2) is 0 Å². The van der Waals surface area contributed by atoms with E-state index in [1.807, 2.05) is 0 Å². The third-order valence-corrected chi connectivity index (χ3v) is 10.7. The predicted octanol–water partition coefficient (Wildman–Crippen LogP) is 3.59. The number of carbonyl (C=O) groups excluding carboxylic acids is 1. The first-order valence-electron chi connectivity index (χ1n) is 12.9. The number of aliphatic carboxylic acids is 1. The Morgan fingerprint density at radius 2 is 1.69 bits per heavy atom. The summed E-state index contributed by atoms with van der Waals surface area (Å²) in [5, 5.41) is 32.8. The van der Waals surface area contributed by atoms with Gasteiger partial charge in [-0.15, -0.1) is 0 Å². The molecule has 4 rings (SSSR count). The fraction of sp³-hybridized carbons (Fsp3) is 0.923. The lowest BCUT2D eigenvalue weighted by Crippen LogP contribution is -2.58. The number of fused-ring (bicyclic) bond motifs is 5. The van der Waals surface area contributed by atoms with Crippen LogP contribution in [0.1, 0.15) is 85.0 Å². The summed E-state index contributed by atoms with van der Waals surface area (Å²) in [6.45, 7) is 6.83. The maximum absolute atomic E-state index is 12.0. The molecule has 4 unspecified atom stereocenters. The fourth-order valence-electron chi connectivity index (χ4n) is 9.00. The number of carboxylic acid groups (broad SMARTS) is 1. The Hall–Kier alpha value is -1.14. The van der Waals surface area contributed by atoms with Crippen LogP contribution in [0, 0.1) is 46.3 Å². The van der Waals surface area contributed by atoms with Gasteiger partial charge in [-0.1, -0.05) is 20.8 Å². The SMILES string of the molecule is C[C@H](CCC(=O)NCC(=O)O)[C@H]1CC[C@H]2C3[C@H](O)CC4C[C@H](O)CCC4(C)[C@H]3CCC12C. The first-order chi connectivity index (χ1) is 15.1. The Bertz CT molecular complexity index is 727. The number of nitrogens with one attached hydrogen (secondary N) is 1. The minimum absolute atomic E-state index is 0.177. The van der Waals surface area contributed by atoms with Crippen molar-refractivity contribution in [3.05, 3.63) is 0 Å². The highest BCUT2D eigenvalue weighted by molar-refractivity contribution is 5.81. The van der Waals surface area contributed by atoms with E-state index >= 15 is 0 Å². The molecule has 6 heteroatoms. The third kappa shape index (κ3) is 4.11. The zero-order valence-corrected chi connectivity index (χ0v) is 20.1. The molecule has 0 heterocycles. The number of carboxylic acids is 1. The van der Waals surface area contributed by atoms with Crippen molar-refractivity contribution in [2.24, 2.45) is 46.3 Å². The molecule has 4 aliphatic carbocycles. The average molecular weight is 450 g/mol. The molecule has 1 amide bonds. The third-order valence-electron chi connectivity index (χ3n) is 10.7. The van der Waals surface area contributed by atoms with Crippen molar-refractivity contribution in [1.29, 1.82) is 0 Å². The lowest BCUT2D eigenvalue weighted by atomic mass is 9.43. The summed E-state index contributed by atoms with van der Waals surface area (Å²) in [6.07, 6.45) is 9.06. The second-order valence-electron chi connectivity index (χ2n) is 12.1. The van der Waals surface area contributed by atoms with Gasteiger partial charge in [0, 0.05) is 6.42 Å². The zero-order valence-electron chi connectivity index (χ0n) is 20.1. The van der Waals surface area contributed by atoms with Crippen molar-refractivity contribution < 1.29 is 24.9 Å². The maximum atomic E-state index is 12.0. The van der Waals surface area contributed by atoms with Gasteiger partial charge in [0.1, 0.15) is 6.54 Å². The van der Waals surface area contributed by atoms with Crippen molar-refractivity contribution >= 4 is 11.9 Å². The lowest BCUT2D eigenvalue weighted by Gasteiger charge is -2.62. The van der Waals surface area contributed by atoms with Gasteiger partial charge in [-0.25, -0.2) is 0 Å². The van der Waals surface area contributed by atoms with Crippen molar-refractivity contribution in [3.63, 3.8) is 0 Å². The summed E-state index contributed by atoms with van der Waals surface area (Å²) < 4.78 is 0. The van der Waals surface area contributed by atoms with Crippen LogP contribution in [-0.4, -0.2) is 45.9 Å². The van der Waals surface area contributed by atoms with Crippen LogP contribution in [-0.2, 0) is 9.59 Å². The van der Waals surface area contributed by atoms with Crippen molar-refractivity contribution in [1.82, 2.24) is 5.32 Å². The van der Waals surface area contributed by atoms with E-state index in [2.05, 4.69) is 26.1 Å². The van der Waals surface area contributed by atoms with E-state index < -0.39 is 5.97 Å². The molecule has 10 atom stereocenters. The smallest absolute Gasteiger partial charge is 0.322 e. The molecule has 4 N–H and O–H groups in total. The summed E-state index contributed by atoms with van der Waals surface area (Å²) >= 11 is 0. The highest BCUT2D eigenvalue weighted by Crippen LogP contribution is 2.68. The molecule has 0 aromatic rings. The van der Waals surface area contributed by atoms with Crippen LogP contribution >= 0.6 is 0 Å². The van der Waals surface area contributed by atoms with Gasteiger partial charge in [-0.3, -0.25) is 9.59 Å². The molecule has 4 fully saturated rings. The van der Waals surface area contributed by atoms with Gasteiger partial charge in [0.2, 0.25) is 5.91 Å². The van der Waals surface area contributed by atoms with Gasteiger partial charge >= 0.3 is 5.97 Å². The second-order valence-corrected chi connectivity index (χ2v) is 12.1. The molecule has 32 heavy (non-hydrogen) atoms. The van der Waals surface area contributed by atoms with Crippen LogP contribution < -0.4 is 5.32 Å². The number of aliphatic hydroxyl groups excluding tert-OH is 2. The average Bonchev–Trinajstić information content (AvgIpc) is 3.09. The Balaban J connectivity index is 1.44. The van der Waals surface area contributed by atoms with Gasteiger partial charge in [-0.05, 0) is 104 Å². The van der Waals surface area contributed by atoms with E-state index in [0.29, 0.717) is 41.9 Å². The number of hydrogen-bond acceptors (Lipinski definition) is 4. The molecular formula is C26H43NO5. The molecule has 0 spiro atoms. The summed E-state index contributed by atoms with van der Waals surface area (Å²) in [5.41, 5.74) is 0.451. The number of hydrogen-bond donors (Lipinski definition) is 4. The standard InChI is InChI=1S/C26H43NO5/c1-15(4-7-22(30)27-14-23(31)32)18-5-6-19-24-20(9-11-26(18,19)3)25(2)10-8-17(28)12-16(25)13-21(24)29/h15-21,24,28-29H,4-14H2,1-3H3,(H,27,30)(H,31,32)/t15-,16?,17-,18-,19+,20+,21-,24?,25?,26?/m1/s1. The largest absolute Gasteiger partial charge is 0.480 e. The molecule has 0 aromatic carbocycles. The first kappa shape index (κ1) is 24.0. The molecule has 0 radical (unpaired) electrons. The molecule has 0 bridgehead atoms. The first-order valence-corrected chi connectivity index (χ1v) is 12.9. The van der Waals surface area contributed by atoms with E-state index in [4.69, 9.17) is 5.11 Å². The van der Waals surface area contributed by atoms with Gasteiger partial charge in [0.05, 0.1) is 12.2 Å². The fourth-order valence-corrected chi connectivity index (χ4v) is 9.00. The Labute approximate surface area is 192 Å². The number of amides is 1. The topological polar surface area (TPSA) is 107 Å². The van der Waals surface area contributed by atoms with Crippen LogP contribution in [0.5, 0.6) is 0 Å². The number of aliphatic hydroxyl groups is 2. The molecule has 6 nitrogen and oxygen atoms in total. The van der Waals surface area contributed by atoms with E-state index in [1.54, 1.807) is 0 Å². The normalized spacial score (nSPS) is 46.5. The van der Waals surface area contributed by atoms with E-state index in [1.165, 1.54) is 12.8 Å². The van der Waals surface area contributed by atoms with Gasteiger partial charge < -0.3 is 20.6 Å². The molecule has 4 saturated carbocycles. The van der Waals surface area contributed by atoms with Gasteiger partial charge in [0.25, 0.3) is 0 Å². The van der Waals surface area contributed by atoms with Crippen molar-refractivity contribution in [3.8, 4) is 0 Å². The molecule has 182 valence electrons. The van der Waals surface area contributed by atoms with Crippen molar-refractivity contribution in [2.75, 3.05) is 6.54 Å².